The largest absolute Gasteiger partial charge is 0.454 e. The number of hydrogen-bond donors (Lipinski definition) is 1. The van der Waals surface area contributed by atoms with Crippen LogP contribution in [0.2, 0.25) is 5.02 Å². The second-order valence-electron chi connectivity index (χ2n) is 6.02. The molecule has 138 valence electrons. The van der Waals surface area contributed by atoms with E-state index in [2.05, 4.69) is 23.2 Å². The Morgan fingerprint density at radius 3 is 2.46 bits per heavy atom. The Bertz CT molecular complexity index is 511. The maximum Gasteiger partial charge on any atom is 0.231 e. The van der Waals surface area contributed by atoms with Crippen molar-refractivity contribution in [2.24, 2.45) is 0 Å². The van der Waals surface area contributed by atoms with Gasteiger partial charge in [-0.1, -0.05) is 37.8 Å². The van der Waals surface area contributed by atoms with Gasteiger partial charge >= 0.3 is 0 Å². The van der Waals surface area contributed by atoms with Crippen LogP contribution in [0.15, 0.2) is 12.1 Å². The van der Waals surface area contributed by atoms with Gasteiger partial charge in [0.2, 0.25) is 6.79 Å². The zero-order valence-corrected chi connectivity index (χ0v) is 16.4. The lowest BCUT2D eigenvalue weighted by molar-refractivity contribution is 0.162. The van der Waals surface area contributed by atoms with Crippen molar-refractivity contribution >= 4 is 36.4 Å². The smallest absolute Gasteiger partial charge is 0.231 e. The number of nitrogens with one attached hydrogen (secondary N) is 1. The Kier molecular flexibility index (Phi) is 9.53. The molecule has 1 atom stereocenters. The molecule has 0 aliphatic carbocycles. The Balaban J connectivity index is 0.00000144. The van der Waals surface area contributed by atoms with Crippen LogP contribution < -0.4 is 14.8 Å². The monoisotopic (exact) mass is 396 g/mol. The van der Waals surface area contributed by atoms with Crippen molar-refractivity contribution in [3.8, 4) is 11.5 Å². The molecule has 1 fully saturated rings. The summed E-state index contributed by atoms with van der Waals surface area (Å²) >= 11 is 6.56. The van der Waals surface area contributed by atoms with Crippen LogP contribution in [0.25, 0.3) is 0 Å². The third kappa shape index (κ3) is 5.06. The summed E-state index contributed by atoms with van der Waals surface area (Å²) in [6.45, 7) is 6.78. The van der Waals surface area contributed by atoms with Gasteiger partial charge in [0.05, 0.1) is 0 Å². The summed E-state index contributed by atoms with van der Waals surface area (Å²) < 4.78 is 11.0. The van der Waals surface area contributed by atoms with Crippen LogP contribution in [-0.4, -0.2) is 37.9 Å². The molecule has 24 heavy (non-hydrogen) atoms. The van der Waals surface area contributed by atoms with Gasteiger partial charge in [0.1, 0.15) is 0 Å². The fraction of sp³-hybridized carbons (Fsp3) is 0.647. The van der Waals surface area contributed by atoms with Crippen molar-refractivity contribution in [1.82, 2.24) is 10.2 Å². The average molecular weight is 398 g/mol. The number of ether oxygens (including phenoxy) is 2. The highest BCUT2D eigenvalue weighted by molar-refractivity contribution is 6.31. The molecule has 0 aromatic heterocycles. The molecule has 2 aliphatic heterocycles. The zero-order valence-electron chi connectivity index (χ0n) is 14.1. The van der Waals surface area contributed by atoms with E-state index in [0.29, 0.717) is 12.8 Å². The Labute approximate surface area is 162 Å². The number of benzene rings is 1. The summed E-state index contributed by atoms with van der Waals surface area (Å²) in [4.78, 5) is 2.55. The topological polar surface area (TPSA) is 33.7 Å². The third-order valence-electron chi connectivity index (χ3n) is 4.52. The number of hydrogen-bond acceptors (Lipinski definition) is 4. The zero-order chi connectivity index (χ0) is 15.4. The van der Waals surface area contributed by atoms with E-state index in [1.807, 2.05) is 6.07 Å². The molecule has 0 saturated carbocycles. The van der Waals surface area contributed by atoms with Gasteiger partial charge in [-0.05, 0) is 18.1 Å². The van der Waals surface area contributed by atoms with Crippen LogP contribution in [0.4, 0.5) is 0 Å². The summed E-state index contributed by atoms with van der Waals surface area (Å²) in [5, 5.41) is 4.22. The fourth-order valence-electron chi connectivity index (χ4n) is 3.30. The molecule has 1 saturated heterocycles. The summed E-state index contributed by atoms with van der Waals surface area (Å²) in [5.74, 6) is 1.59. The molecule has 0 unspecified atom stereocenters. The molecular weight excluding hydrogens is 371 g/mol. The first-order valence-electron chi connectivity index (χ1n) is 8.33. The summed E-state index contributed by atoms with van der Waals surface area (Å²) in [5.41, 5.74) is 1.18. The minimum Gasteiger partial charge on any atom is -0.454 e. The van der Waals surface area contributed by atoms with Crippen molar-refractivity contribution in [2.75, 3.05) is 33.0 Å². The molecule has 2 aliphatic rings. The molecule has 7 heteroatoms. The lowest BCUT2D eigenvalue weighted by atomic mass is 9.97. The maximum atomic E-state index is 6.56. The van der Waals surface area contributed by atoms with E-state index in [1.54, 1.807) is 0 Å². The summed E-state index contributed by atoms with van der Waals surface area (Å²) in [6, 6.07) is 4.37. The van der Waals surface area contributed by atoms with E-state index in [-0.39, 0.29) is 24.8 Å². The first-order chi connectivity index (χ1) is 10.8. The minimum atomic E-state index is 0. The maximum absolute atomic E-state index is 6.56. The molecule has 4 nitrogen and oxygen atoms in total. The van der Waals surface area contributed by atoms with Gasteiger partial charge in [-0.15, -0.1) is 24.8 Å². The number of unbranched alkanes of at least 4 members (excludes halogenated alkanes) is 2. The van der Waals surface area contributed by atoms with Crippen molar-refractivity contribution in [3.05, 3.63) is 22.7 Å². The Morgan fingerprint density at radius 2 is 1.79 bits per heavy atom. The van der Waals surface area contributed by atoms with E-state index in [1.165, 1.54) is 24.8 Å². The number of rotatable bonds is 6. The number of fused-ring (bicyclic) bond motifs is 1. The Hall–Kier alpha value is -0.390. The van der Waals surface area contributed by atoms with Gasteiger partial charge in [-0.25, -0.2) is 0 Å². The number of halogens is 3. The molecule has 0 radical (unpaired) electrons. The van der Waals surface area contributed by atoms with Crippen LogP contribution >= 0.6 is 36.4 Å². The van der Waals surface area contributed by atoms with E-state index >= 15 is 0 Å². The van der Waals surface area contributed by atoms with Gasteiger partial charge < -0.3 is 14.8 Å². The van der Waals surface area contributed by atoms with Gasteiger partial charge in [0.25, 0.3) is 0 Å². The van der Waals surface area contributed by atoms with Gasteiger partial charge in [0.15, 0.2) is 11.5 Å². The van der Waals surface area contributed by atoms with Crippen LogP contribution in [-0.2, 0) is 0 Å². The first kappa shape index (κ1) is 21.7. The molecular formula is C17H27Cl3N2O2. The van der Waals surface area contributed by atoms with Crippen molar-refractivity contribution in [2.45, 2.75) is 38.6 Å². The van der Waals surface area contributed by atoms with Crippen LogP contribution in [0.3, 0.4) is 0 Å². The lowest BCUT2D eigenvalue weighted by Gasteiger charge is -2.35. The van der Waals surface area contributed by atoms with Crippen molar-refractivity contribution in [1.29, 1.82) is 0 Å². The molecule has 3 rings (SSSR count). The standard InChI is InChI=1S/C17H25ClN2O2.2ClH/c1-2-3-4-5-15(20-8-6-19-7-9-20)13-10-16-17(11-14(13)18)22-12-21-16;;/h10-11,15,19H,2-9,12H2,1H3;2*1H/t15-;;/m1../s1. The summed E-state index contributed by atoms with van der Waals surface area (Å²) in [7, 11) is 0. The lowest BCUT2D eigenvalue weighted by Crippen LogP contribution is -2.45. The second-order valence-corrected chi connectivity index (χ2v) is 6.43. The average Bonchev–Trinajstić information content (AvgIpc) is 2.99. The van der Waals surface area contributed by atoms with E-state index in [9.17, 15) is 0 Å². The van der Waals surface area contributed by atoms with E-state index < -0.39 is 0 Å². The van der Waals surface area contributed by atoms with Gasteiger partial charge in [-0.2, -0.15) is 0 Å². The van der Waals surface area contributed by atoms with E-state index in [4.69, 9.17) is 21.1 Å². The second kappa shape index (κ2) is 10.6. The SMILES string of the molecule is CCCCC[C@H](c1cc2c(cc1Cl)OCO2)N1CCNCC1.Cl.Cl. The fourth-order valence-corrected chi connectivity index (χ4v) is 3.58. The molecule has 1 aromatic carbocycles. The van der Waals surface area contributed by atoms with Gasteiger partial charge in [0, 0.05) is 43.3 Å². The molecule has 2 heterocycles. The third-order valence-corrected chi connectivity index (χ3v) is 4.85. The highest BCUT2D eigenvalue weighted by atomic mass is 35.5. The highest BCUT2D eigenvalue weighted by Gasteiger charge is 2.26. The predicted octanol–water partition coefficient (Wildman–Crippen LogP) is 4.44. The van der Waals surface area contributed by atoms with Crippen LogP contribution in [0.5, 0.6) is 11.5 Å². The Morgan fingerprint density at radius 1 is 1.12 bits per heavy atom. The normalized spacial score (nSPS) is 17.8. The molecule has 0 spiro atoms. The van der Waals surface area contributed by atoms with Crippen molar-refractivity contribution in [3.63, 3.8) is 0 Å². The van der Waals surface area contributed by atoms with Gasteiger partial charge in [-0.3, -0.25) is 4.90 Å². The molecule has 0 bridgehead atoms. The molecule has 0 amide bonds. The predicted molar refractivity (Wildman–Crippen MR) is 103 cm³/mol. The highest BCUT2D eigenvalue weighted by Crippen LogP contribution is 2.41. The first-order valence-corrected chi connectivity index (χ1v) is 8.71. The van der Waals surface area contributed by atoms with Crippen LogP contribution in [0.1, 0.15) is 44.2 Å². The number of piperazine rings is 1. The quantitative estimate of drug-likeness (QED) is 0.720. The molecule has 1 aromatic rings. The summed E-state index contributed by atoms with van der Waals surface area (Å²) in [6.07, 6.45) is 4.89. The number of nitrogens with zero attached hydrogens (tertiary/aromatic N) is 1. The minimum absolute atomic E-state index is 0. The van der Waals surface area contributed by atoms with E-state index in [0.717, 1.165) is 49.1 Å². The van der Waals surface area contributed by atoms with Crippen LogP contribution in [0, 0.1) is 0 Å². The van der Waals surface area contributed by atoms with Crippen molar-refractivity contribution < 1.29 is 9.47 Å². The molecule has 1 N–H and O–H groups in total.